The lowest BCUT2D eigenvalue weighted by Crippen LogP contribution is -2.40. The molecule has 0 unspecified atom stereocenters. The van der Waals surface area contributed by atoms with E-state index in [2.05, 4.69) is 10.6 Å². The molecule has 1 fully saturated rings. The van der Waals surface area contributed by atoms with E-state index in [0.29, 0.717) is 23.7 Å². The van der Waals surface area contributed by atoms with Gasteiger partial charge in [-0.1, -0.05) is 17.7 Å². The van der Waals surface area contributed by atoms with E-state index < -0.39 is 0 Å². The van der Waals surface area contributed by atoms with Crippen LogP contribution in [0.1, 0.15) is 23.1 Å². The molecule has 1 saturated heterocycles. The van der Waals surface area contributed by atoms with Gasteiger partial charge in [-0.15, -0.1) is 0 Å². The molecule has 1 atom stereocenters. The summed E-state index contributed by atoms with van der Waals surface area (Å²) >= 11 is 0. The molecule has 154 valence electrons. The van der Waals surface area contributed by atoms with Crippen molar-refractivity contribution < 1.29 is 19.1 Å². The molecule has 0 aromatic heterocycles. The maximum absolute atomic E-state index is 12.5. The van der Waals surface area contributed by atoms with Crippen molar-refractivity contribution in [3.63, 3.8) is 0 Å². The smallest absolute Gasteiger partial charge is 0.319 e. The van der Waals surface area contributed by atoms with Gasteiger partial charge in [0.1, 0.15) is 0 Å². The minimum atomic E-state index is -0.313. The number of carbonyl (C=O) groups is 2. The summed E-state index contributed by atoms with van der Waals surface area (Å²) in [5.41, 5.74) is 4.67. The van der Waals surface area contributed by atoms with Gasteiger partial charge in [0.05, 0.1) is 20.3 Å². The number of hydrogen-bond donors (Lipinski definition) is 2. The Hall–Kier alpha value is -3.22. The molecule has 7 heteroatoms. The van der Waals surface area contributed by atoms with Gasteiger partial charge in [-0.25, -0.2) is 4.79 Å². The summed E-state index contributed by atoms with van der Waals surface area (Å²) in [5.74, 6) is 1.10. The van der Waals surface area contributed by atoms with Crippen LogP contribution in [0, 0.1) is 20.8 Å². The summed E-state index contributed by atoms with van der Waals surface area (Å²) in [5, 5.41) is 5.83. The molecular formula is C22H27N3O4. The Morgan fingerprint density at radius 1 is 1.03 bits per heavy atom. The number of aryl methyl sites for hydroxylation is 3. The van der Waals surface area contributed by atoms with E-state index in [-0.39, 0.29) is 24.4 Å². The van der Waals surface area contributed by atoms with E-state index in [0.717, 1.165) is 22.4 Å². The molecule has 0 spiro atoms. The van der Waals surface area contributed by atoms with Gasteiger partial charge in [-0.2, -0.15) is 0 Å². The quantitative estimate of drug-likeness (QED) is 0.809. The Balaban J connectivity index is 1.67. The summed E-state index contributed by atoms with van der Waals surface area (Å²) in [4.78, 5) is 26.7. The van der Waals surface area contributed by atoms with Crippen LogP contribution in [-0.2, 0) is 4.79 Å². The number of carbonyl (C=O) groups excluding carboxylic acids is 2. The third-order valence-corrected chi connectivity index (χ3v) is 5.05. The highest BCUT2D eigenvalue weighted by atomic mass is 16.5. The van der Waals surface area contributed by atoms with Gasteiger partial charge in [-0.3, -0.25) is 4.79 Å². The van der Waals surface area contributed by atoms with E-state index >= 15 is 0 Å². The third kappa shape index (κ3) is 4.45. The third-order valence-electron chi connectivity index (χ3n) is 5.05. The Bertz CT molecular complexity index is 919. The van der Waals surface area contributed by atoms with Crippen LogP contribution in [0.5, 0.6) is 11.5 Å². The standard InChI is InChI=1S/C22H27N3O4/c1-13-8-14(2)21(15(3)9-13)24-22(27)23-16-10-20(26)25(12-16)17-6-7-18(28-4)19(11-17)29-5/h6-9,11,16H,10,12H2,1-5H3,(H2,23,24,27)/t16-/m1/s1. The van der Waals surface area contributed by atoms with E-state index in [1.54, 1.807) is 37.3 Å². The summed E-state index contributed by atoms with van der Waals surface area (Å²) in [6.45, 7) is 6.35. The minimum absolute atomic E-state index is 0.0507. The molecule has 3 amide bonds. The molecule has 1 heterocycles. The van der Waals surface area contributed by atoms with Gasteiger partial charge in [-0.05, 0) is 44.0 Å². The van der Waals surface area contributed by atoms with Crippen molar-refractivity contribution in [3.05, 3.63) is 47.0 Å². The minimum Gasteiger partial charge on any atom is -0.493 e. The number of nitrogens with one attached hydrogen (secondary N) is 2. The molecule has 0 bridgehead atoms. The summed E-state index contributed by atoms with van der Waals surface area (Å²) in [6.07, 6.45) is 0.244. The number of nitrogens with zero attached hydrogens (tertiary/aromatic N) is 1. The number of urea groups is 1. The molecule has 3 rings (SSSR count). The van der Waals surface area contributed by atoms with Crippen LogP contribution in [0.4, 0.5) is 16.2 Å². The van der Waals surface area contributed by atoms with Crippen molar-refractivity contribution in [2.24, 2.45) is 0 Å². The first-order chi connectivity index (χ1) is 13.8. The maximum Gasteiger partial charge on any atom is 0.319 e. The van der Waals surface area contributed by atoms with Gasteiger partial charge in [0.15, 0.2) is 11.5 Å². The predicted octanol–water partition coefficient (Wildman–Crippen LogP) is 3.56. The molecular weight excluding hydrogens is 370 g/mol. The van der Waals surface area contributed by atoms with Crippen molar-refractivity contribution in [2.45, 2.75) is 33.2 Å². The second-order valence-corrected chi connectivity index (χ2v) is 7.32. The van der Waals surface area contributed by atoms with E-state index in [1.807, 2.05) is 32.9 Å². The molecule has 1 aliphatic heterocycles. The van der Waals surface area contributed by atoms with Crippen LogP contribution >= 0.6 is 0 Å². The topological polar surface area (TPSA) is 79.9 Å². The lowest BCUT2D eigenvalue weighted by atomic mass is 10.1. The summed E-state index contributed by atoms with van der Waals surface area (Å²) < 4.78 is 10.6. The van der Waals surface area contributed by atoms with Crippen LogP contribution in [0.3, 0.4) is 0 Å². The fraction of sp³-hybridized carbons (Fsp3) is 0.364. The molecule has 2 aromatic carbocycles. The van der Waals surface area contributed by atoms with Gasteiger partial charge in [0.25, 0.3) is 0 Å². The van der Waals surface area contributed by atoms with Crippen molar-refractivity contribution in [3.8, 4) is 11.5 Å². The molecule has 2 N–H and O–H groups in total. The van der Waals surface area contributed by atoms with Crippen molar-refractivity contribution >= 4 is 23.3 Å². The lowest BCUT2D eigenvalue weighted by molar-refractivity contribution is -0.117. The van der Waals surface area contributed by atoms with Gasteiger partial charge >= 0.3 is 6.03 Å². The normalized spacial score (nSPS) is 16.0. The van der Waals surface area contributed by atoms with Gasteiger partial charge < -0.3 is 25.0 Å². The molecule has 0 radical (unpaired) electrons. The molecule has 0 saturated carbocycles. The molecule has 1 aliphatic rings. The summed E-state index contributed by atoms with van der Waals surface area (Å²) in [6, 6.07) is 8.80. The summed E-state index contributed by atoms with van der Waals surface area (Å²) in [7, 11) is 3.12. The van der Waals surface area contributed by atoms with E-state index in [9.17, 15) is 9.59 Å². The molecule has 7 nitrogen and oxygen atoms in total. The zero-order valence-electron chi connectivity index (χ0n) is 17.5. The first kappa shape index (κ1) is 20.5. The fourth-order valence-corrected chi connectivity index (χ4v) is 3.76. The van der Waals surface area contributed by atoms with E-state index in [4.69, 9.17) is 9.47 Å². The fourth-order valence-electron chi connectivity index (χ4n) is 3.76. The van der Waals surface area contributed by atoms with Gasteiger partial charge in [0.2, 0.25) is 5.91 Å². The Morgan fingerprint density at radius 3 is 2.31 bits per heavy atom. The maximum atomic E-state index is 12.5. The van der Waals surface area contributed by atoms with Crippen LogP contribution in [0.25, 0.3) is 0 Å². The molecule has 0 aliphatic carbocycles. The number of amides is 3. The van der Waals surface area contributed by atoms with Crippen LogP contribution in [0.15, 0.2) is 30.3 Å². The zero-order chi connectivity index (χ0) is 21.1. The first-order valence-electron chi connectivity index (χ1n) is 9.50. The Labute approximate surface area is 171 Å². The van der Waals surface area contributed by atoms with Crippen LogP contribution in [-0.4, -0.2) is 38.7 Å². The number of methoxy groups -OCH3 is 2. The second-order valence-electron chi connectivity index (χ2n) is 7.32. The highest BCUT2D eigenvalue weighted by molar-refractivity contribution is 5.98. The molecule has 2 aromatic rings. The number of anilines is 2. The van der Waals surface area contributed by atoms with Gasteiger partial charge in [0, 0.05) is 30.4 Å². The van der Waals surface area contributed by atoms with Crippen LogP contribution in [0.2, 0.25) is 0 Å². The van der Waals surface area contributed by atoms with Crippen molar-refractivity contribution in [2.75, 3.05) is 31.0 Å². The highest BCUT2D eigenvalue weighted by Gasteiger charge is 2.32. The number of ether oxygens (including phenoxy) is 2. The average Bonchev–Trinajstić information content (AvgIpc) is 3.04. The lowest BCUT2D eigenvalue weighted by Gasteiger charge is -2.19. The average molecular weight is 397 g/mol. The monoisotopic (exact) mass is 397 g/mol. The Morgan fingerprint density at radius 2 is 1.69 bits per heavy atom. The highest BCUT2D eigenvalue weighted by Crippen LogP contribution is 2.33. The predicted molar refractivity (Wildman–Crippen MR) is 113 cm³/mol. The SMILES string of the molecule is COc1ccc(N2C[C@H](NC(=O)Nc3c(C)cc(C)cc3C)CC2=O)cc1OC. The number of benzene rings is 2. The second kappa shape index (κ2) is 8.43. The number of rotatable bonds is 5. The molecule has 29 heavy (non-hydrogen) atoms. The largest absolute Gasteiger partial charge is 0.493 e. The van der Waals surface area contributed by atoms with Crippen molar-refractivity contribution in [1.29, 1.82) is 0 Å². The zero-order valence-corrected chi connectivity index (χ0v) is 17.5. The van der Waals surface area contributed by atoms with E-state index in [1.165, 1.54) is 0 Å². The van der Waals surface area contributed by atoms with Crippen molar-refractivity contribution in [1.82, 2.24) is 5.32 Å². The number of hydrogen-bond acceptors (Lipinski definition) is 4. The first-order valence-corrected chi connectivity index (χ1v) is 9.50. The Kier molecular flexibility index (Phi) is 5.96. The van der Waals surface area contributed by atoms with Crippen LogP contribution < -0.4 is 25.0 Å².